The van der Waals surface area contributed by atoms with Crippen LogP contribution in [0.2, 0.25) is 0 Å². The number of carbonyl (C=O) groups is 1. The predicted octanol–water partition coefficient (Wildman–Crippen LogP) is 1.29. The average Bonchev–Trinajstić information content (AvgIpc) is 3.10. The van der Waals surface area contributed by atoms with Crippen molar-refractivity contribution in [3.8, 4) is 11.5 Å². The van der Waals surface area contributed by atoms with Crippen LogP contribution in [0.1, 0.15) is 34.8 Å². The van der Waals surface area contributed by atoms with Gasteiger partial charge in [-0.2, -0.15) is 0 Å². The summed E-state index contributed by atoms with van der Waals surface area (Å²) < 4.78 is 10.6. The lowest BCUT2D eigenvalue weighted by atomic mass is 9.78. The molecule has 8 heteroatoms. The summed E-state index contributed by atoms with van der Waals surface area (Å²) in [5.41, 5.74) is 1.52. The highest BCUT2D eigenvalue weighted by atomic mass is 16.7. The number of aromatic nitrogens is 2. The lowest BCUT2D eigenvalue weighted by molar-refractivity contribution is 0.0907. The van der Waals surface area contributed by atoms with E-state index in [1.807, 2.05) is 6.07 Å². The molecular weight excluding hydrogens is 336 g/mol. The van der Waals surface area contributed by atoms with Crippen LogP contribution >= 0.6 is 0 Å². The highest BCUT2D eigenvalue weighted by Gasteiger charge is 2.33. The fourth-order valence-corrected chi connectivity index (χ4v) is 3.16. The Kier molecular flexibility index (Phi) is 4.57. The van der Waals surface area contributed by atoms with Gasteiger partial charge in [-0.1, -0.05) is 0 Å². The summed E-state index contributed by atoms with van der Waals surface area (Å²) in [6.07, 6.45) is 3.20. The van der Waals surface area contributed by atoms with Gasteiger partial charge in [0.25, 0.3) is 5.91 Å². The van der Waals surface area contributed by atoms with Crippen LogP contribution < -0.4 is 20.1 Å². The van der Waals surface area contributed by atoms with Gasteiger partial charge in [-0.05, 0) is 31.0 Å². The first-order valence-corrected chi connectivity index (χ1v) is 8.60. The van der Waals surface area contributed by atoms with Crippen LogP contribution in [0.3, 0.4) is 0 Å². The predicted molar refractivity (Wildman–Crippen MR) is 93.4 cm³/mol. The van der Waals surface area contributed by atoms with E-state index in [0.29, 0.717) is 35.3 Å². The molecule has 1 fully saturated rings. The molecule has 0 atom stereocenters. The first kappa shape index (κ1) is 16.6. The summed E-state index contributed by atoms with van der Waals surface area (Å²) in [4.78, 5) is 20.8. The van der Waals surface area contributed by atoms with Crippen LogP contribution in [0.25, 0.3) is 0 Å². The van der Waals surface area contributed by atoms with E-state index in [2.05, 4.69) is 20.6 Å². The molecule has 2 aromatic rings. The van der Waals surface area contributed by atoms with Crippen molar-refractivity contribution >= 4 is 11.7 Å². The molecule has 0 saturated heterocycles. The Labute approximate surface area is 150 Å². The maximum atomic E-state index is 12.4. The van der Waals surface area contributed by atoms with Crippen molar-refractivity contribution < 1.29 is 19.4 Å². The Morgan fingerprint density at radius 2 is 2.04 bits per heavy atom. The Morgan fingerprint density at radius 1 is 1.19 bits per heavy atom. The quantitative estimate of drug-likeness (QED) is 0.716. The molecule has 2 aliphatic rings. The summed E-state index contributed by atoms with van der Waals surface area (Å²) in [6.45, 7) is 0.699. The lowest BCUT2D eigenvalue weighted by Crippen LogP contribution is -2.43. The molecule has 136 valence electrons. The molecule has 1 saturated carbocycles. The van der Waals surface area contributed by atoms with Gasteiger partial charge in [-0.3, -0.25) is 4.79 Å². The van der Waals surface area contributed by atoms with Gasteiger partial charge in [0, 0.05) is 35.8 Å². The number of nitrogens with one attached hydrogen (secondary N) is 2. The molecule has 26 heavy (non-hydrogen) atoms. The van der Waals surface area contributed by atoms with Crippen LogP contribution in [0.4, 0.5) is 5.82 Å². The fourth-order valence-electron chi connectivity index (χ4n) is 3.16. The monoisotopic (exact) mass is 356 g/mol. The van der Waals surface area contributed by atoms with E-state index in [1.54, 1.807) is 18.2 Å². The molecule has 2 heterocycles. The van der Waals surface area contributed by atoms with Gasteiger partial charge in [0.15, 0.2) is 11.5 Å². The second-order valence-corrected chi connectivity index (χ2v) is 6.39. The smallest absolute Gasteiger partial charge is 0.251 e. The standard InChI is InChI=1S/C18H20N4O4/c23-4-3-19-17-8-14(20-9-21-17)12-5-13(6-12)22-18(24)11-1-2-15-16(7-11)26-10-25-15/h1-2,7-9,12-13,23H,3-6,10H2,(H,22,24)(H,19,20,21). The molecule has 0 bridgehead atoms. The molecule has 1 aliphatic heterocycles. The number of amides is 1. The van der Waals surface area contributed by atoms with Gasteiger partial charge in [-0.15, -0.1) is 0 Å². The largest absolute Gasteiger partial charge is 0.454 e. The third-order valence-corrected chi connectivity index (χ3v) is 4.63. The van der Waals surface area contributed by atoms with Gasteiger partial charge in [0.1, 0.15) is 12.1 Å². The van der Waals surface area contributed by atoms with Crippen LogP contribution in [-0.4, -0.2) is 47.0 Å². The van der Waals surface area contributed by atoms with Crippen LogP contribution in [0.15, 0.2) is 30.6 Å². The highest BCUT2D eigenvalue weighted by Crippen LogP contribution is 2.37. The number of benzene rings is 1. The van der Waals surface area contributed by atoms with Gasteiger partial charge in [0.05, 0.1) is 6.61 Å². The molecule has 3 N–H and O–H groups in total. The van der Waals surface area contributed by atoms with Gasteiger partial charge in [0.2, 0.25) is 6.79 Å². The third-order valence-electron chi connectivity index (χ3n) is 4.63. The number of rotatable bonds is 6. The SMILES string of the molecule is O=C(NC1CC(c2cc(NCCO)ncn2)C1)c1ccc2c(c1)OCO2. The van der Waals surface area contributed by atoms with Gasteiger partial charge in [-0.25, -0.2) is 9.97 Å². The van der Waals surface area contributed by atoms with E-state index in [1.165, 1.54) is 6.33 Å². The van der Waals surface area contributed by atoms with E-state index in [0.717, 1.165) is 18.5 Å². The van der Waals surface area contributed by atoms with Crippen LogP contribution in [0, 0.1) is 0 Å². The zero-order chi connectivity index (χ0) is 17.9. The van der Waals surface area contributed by atoms with Crippen molar-refractivity contribution in [1.82, 2.24) is 15.3 Å². The Balaban J connectivity index is 1.32. The molecule has 0 unspecified atom stereocenters. The summed E-state index contributed by atoms with van der Waals surface area (Å²) >= 11 is 0. The Bertz CT molecular complexity index is 808. The lowest BCUT2D eigenvalue weighted by Gasteiger charge is -2.35. The number of aliphatic hydroxyl groups is 1. The maximum Gasteiger partial charge on any atom is 0.251 e. The topological polar surface area (TPSA) is 106 Å². The summed E-state index contributed by atoms with van der Waals surface area (Å²) in [5, 5.41) is 14.9. The van der Waals surface area contributed by atoms with E-state index in [-0.39, 0.29) is 25.3 Å². The normalized spacial score (nSPS) is 20.3. The van der Waals surface area contributed by atoms with Crippen molar-refractivity contribution in [3.05, 3.63) is 41.9 Å². The molecule has 0 radical (unpaired) electrons. The van der Waals surface area contributed by atoms with E-state index in [4.69, 9.17) is 14.6 Å². The second-order valence-electron chi connectivity index (χ2n) is 6.39. The minimum atomic E-state index is -0.111. The van der Waals surface area contributed by atoms with Crippen molar-refractivity contribution in [1.29, 1.82) is 0 Å². The summed E-state index contributed by atoms with van der Waals surface area (Å²) in [5.74, 6) is 2.17. The maximum absolute atomic E-state index is 12.4. The first-order valence-electron chi connectivity index (χ1n) is 8.60. The molecule has 1 aromatic heterocycles. The van der Waals surface area contributed by atoms with Crippen molar-refractivity contribution in [2.75, 3.05) is 25.3 Å². The zero-order valence-electron chi connectivity index (χ0n) is 14.1. The number of nitrogens with zero attached hydrogens (tertiary/aromatic N) is 2. The number of hydrogen-bond acceptors (Lipinski definition) is 7. The van der Waals surface area contributed by atoms with E-state index < -0.39 is 0 Å². The third kappa shape index (κ3) is 3.41. The molecule has 1 aromatic carbocycles. The number of anilines is 1. The highest BCUT2D eigenvalue weighted by molar-refractivity contribution is 5.95. The molecular formula is C18H20N4O4. The Morgan fingerprint density at radius 3 is 2.88 bits per heavy atom. The zero-order valence-corrected chi connectivity index (χ0v) is 14.1. The number of carbonyl (C=O) groups excluding carboxylic acids is 1. The molecule has 1 aliphatic carbocycles. The average molecular weight is 356 g/mol. The second kappa shape index (κ2) is 7.17. The molecule has 1 amide bonds. The van der Waals surface area contributed by atoms with Crippen molar-refractivity contribution in [3.63, 3.8) is 0 Å². The summed E-state index contributed by atoms with van der Waals surface area (Å²) in [7, 11) is 0. The molecule has 8 nitrogen and oxygen atoms in total. The van der Waals surface area contributed by atoms with E-state index in [9.17, 15) is 4.79 Å². The first-order chi connectivity index (χ1) is 12.7. The number of ether oxygens (including phenoxy) is 2. The molecule has 0 spiro atoms. The van der Waals surface area contributed by atoms with Gasteiger partial charge >= 0.3 is 0 Å². The number of fused-ring (bicyclic) bond motifs is 1. The fraction of sp³-hybridized carbons (Fsp3) is 0.389. The van der Waals surface area contributed by atoms with E-state index >= 15 is 0 Å². The van der Waals surface area contributed by atoms with Crippen LogP contribution in [0.5, 0.6) is 11.5 Å². The minimum Gasteiger partial charge on any atom is -0.454 e. The van der Waals surface area contributed by atoms with Crippen molar-refractivity contribution in [2.24, 2.45) is 0 Å². The molecule has 4 rings (SSSR count). The number of aliphatic hydroxyl groups excluding tert-OH is 1. The van der Waals surface area contributed by atoms with Crippen LogP contribution in [-0.2, 0) is 0 Å². The van der Waals surface area contributed by atoms with Crippen molar-refractivity contribution in [2.45, 2.75) is 24.8 Å². The number of hydrogen-bond donors (Lipinski definition) is 3. The van der Waals surface area contributed by atoms with Gasteiger partial charge < -0.3 is 25.2 Å². The summed E-state index contributed by atoms with van der Waals surface area (Å²) in [6, 6.07) is 7.22. The minimum absolute atomic E-state index is 0.0523. The Hall–Kier alpha value is -2.87.